The zero-order valence-electron chi connectivity index (χ0n) is 12.7. The molecule has 0 aliphatic heterocycles. The molecule has 0 bridgehead atoms. The first-order valence-electron chi connectivity index (χ1n) is 7.40. The molecule has 0 aromatic heterocycles. The largest absolute Gasteiger partial charge is 0.355 e. The van der Waals surface area contributed by atoms with Gasteiger partial charge in [-0.1, -0.05) is 18.9 Å². The highest BCUT2D eigenvalue weighted by Gasteiger charge is 1.99. The maximum absolute atomic E-state index is 11.5. The maximum atomic E-state index is 11.5. The van der Waals surface area contributed by atoms with Crippen LogP contribution < -0.4 is 10.6 Å². The van der Waals surface area contributed by atoms with E-state index in [9.17, 15) is 4.79 Å². The van der Waals surface area contributed by atoms with Gasteiger partial charge in [0.2, 0.25) is 5.91 Å². The summed E-state index contributed by atoms with van der Waals surface area (Å²) in [5.41, 5.74) is 0. The molecule has 0 atom stereocenters. The molecule has 0 saturated carbocycles. The highest BCUT2D eigenvalue weighted by atomic mass is 16.1. The molecule has 0 unspecified atom stereocenters. The van der Waals surface area contributed by atoms with Gasteiger partial charge in [0.05, 0.1) is 0 Å². The Bertz CT molecular complexity index is 229. The van der Waals surface area contributed by atoms with Crippen LogP contribution in [0.25, 0.3) is 0 Å². The Labute approximate surface area is 118 Å². The van der Waals surface area contributed by atoms with Crippen LogP contribution in [0.5, 0.6) is 0 Å². The topological polar surface area (TPSA) is 44.4 Å². The SMILES string of the molecule is C=CCCCCCCC(=O)NCCNCCN(C)C. The number of amides is 1. The van der Waals surface area contributed by atoms with E-state index in [4.69, 9.17) is 0 Å². The fourth-order valence-electron chi connectivity index (χ4n) is 1.73. The van der Waals surface area contributed by atoms with Crippen LogP contribution in [-0.4, -0.2) is 51.1 Å². The smallest absolute Gasteiger partial charge is 0.220 e. The molecule has 0 aromatic carbocycles. The average Bonchev–Trinajstić information content (AvgIpc) is 2.37. The van der Waals surface area contributed by atoms with E-state index >= 15 is 0 Å². The normalized spacial score (nSPS) is 10.7. The number of hydrogen-bond donors (Lipinski definition) is 2. The summed E-state index contributed by atoms with van der Waals surface area (Å²) >= 11 is 0. The summed E-state index contributed by atoms with van der Waals surface area (Å²) in [4.78, 5) is 13.6. The van der Waals surface area contributed by atoms with Crippen molar-refractivity contribution in [3.63, 3.8) is 0 Å². The van der Waals surface area contributed by atoms with Crippen molar-refractivity contribution in [2.75, 3.05) is 40.3 Å². The van der Waals surface area contributed by atoms with Gasteiger partial charge in [-0.05, 0) is 33.4 Å². The number of rotatable bonds is 13. The van der Waals surface area contributed by atoms with Gasteiger partial charge in [-0.25, -0.2) is 0 Å². The molecule has 0 heterocycles. The minimum absolute atomic E-state index is 0.179. The lowest BCUT2D eigenvalue weighted by Crippen LogP contribution is -2.34. The molecule has 19 heavy (non-hydrogen) atoms. The quantitative estimate of drug-likeness (QED) is 0.396. The van der Waals surface area contributed by atoms with Gasteiger partial charge in [0, 0.05) is 32.6 Å². The van der Waals surface area contributed by atoms with Crippen LogP contribution in [-0.2, 0) is 4.79 Å². The van der Waals surface area contributed by atoms with Gasteiger partial charge in [0.15, 0.2) is 0 Å². The molecular weight excluding hydrogens is 238 g/mol. The molecule has 4 nitrogen and oxygen atoms in total. The Kier molecular flexibility index (Phi) is 12.9. The van der Waals surface area contributed by atoms with E-state index in [-0.39, 0.29) is 5.91 Å². The number of carbonyl (C=O) groups excluding carboxylic acids is 1. The van der Waals surface area contributed by atoms with Gasteiger partial charge in [0.25, 0.3) is 0 Å². The molecule has 2 N–H and O–H groups in total. The van der Waals surface area contributed by atoms with E-state index in [1.807, 2.05) is 6.08 Å². The minimum atomic E-state index is 0.179. The predicted molar refractivity (Wildman–Crippen MR) is 82.3 cm³/mol. The molecular formula is C15H31N3O. The summed E-state index contributed by atoms with van der Waals surface area (Å²) in [7, 11) is 4.11. The first-order chi connectivity index (χ1) is 9.16. The van der Waals surface area contributed by atoms with Crippen LogP contribution in [0.4, 0.5) is 0 Å². The summed E-state index contributed by atoms with van der Waals surface area (Å²) in [5, 5.41) is 6.24. The standard InChI is InChI=1S/C15H31N3O/c1-4-5-6-7-8-9-10-15(19)17-12-11-16-13-14-18(2)3/h4,16H,1,5-14H2,2-3H3,(H,17,19). The average molecular weight is 269 g/mol. The summed E-state index contributed by atoms with van der Waals surface area (Å²) < 4.78 is 0. The molecule has 0 radical (unpaired) electrons. The second kappa shape index (κ2) is 13.6. The number of nitrogens with one attached hydrogen (secondary N) is 2. The van der Waals surface area contributed by atoms with Gasteiger partial charge in [-0.3, -0.25) is 4.79 Å². The van der Waals surface area contributed by atoms with E-state index in [2.05, 4.69) is 36.2 Å². The third-order valence-corrected chi connectivity index (χ3v) is 2.92. The number of likely N-dealkylation sites (N-methyl/N-ethyl adjacent to an activating group) is 1. The van der Waals surface area contributed by atoms with Gasteiger partial charge in [0.1, 0.15) is 0 Å². The maximum Gasteiger partial charge on any atom is 0.220 e. The second-order valence-corrected chi connectivity index (χ2v) is 5.14. The Balaban J connectivity index is 3.19. The summed E-state index contributed by atoms with van der Waals surface area (Å²) in [6.45, 7) is 7.26. The number of unbranched alkanes of at least 4 members (excludes halogenated alkanes) is 4. The van der Waals surface area contributed by atoms with Crippen LogP contribution in [0.3, 0.4) is 0 Å². The van der Waals surface area contributed by atoms with E-state index in [0.717, 1.165) is 45.4 Å². The highest BCUT2D eigenvalue weighted by molar-refractivity contribution is 5.75. The van der Waals surface area contributed by atoms with Crippen LogP contribution in [0.1, 0.15) is 38.5 Å². The lowest BCUT2D eigenvalue weighted by molar-refractivity contribution is -0.121. The van der Waals surface area contributed by atoms with Gasteiger partial charge < -0.3 is 15.5 Å². The lowest BCUT2D eigenvalue weighted by Gasteiger charge is -2.10. The summed E-state index contributed by atoms with van der Waals surface area (Å²) in [6, 6.07) is 0. The Morgan fingerprint density at radius 1 is 1.11 bits per heavy atom. The van der Waals surface area contributed by atoms with E-state index in [0.29, 0.717) is 6.42 Å². The van der Waals surface area contributed by atoms with Crippen LogP contribution in [0.15, 0.2) is 12.7 Å². The van der Waals surface area contributed by atoms with Crippen LogP contribution in [0, 0.1) is 0 Å². The van der Waals surface area contributed by atoms with Crippen LogP contribution >= 0.6 is 0 Å². The van der Waals surface area contributed by atoms with Gasteiger partial charge >= 0.3 is 0 Å². The zero-order chi connectivity index (χ0) is 14.3. The van der Waals surface area contributed by atoms with E-state index in [1.54, 1.807) is 0 Å². The first kappa shape index (κ1) is 18.1. The number of hydrogen-bond acceptors (Lipinski definition) is 3. The summed E-state index contributed by atoms with van der Waals surface area (Å²) in [5.74, 6) is 0.179. The van der Waals surface area contributed by atoms with Crippen molar-refractivity contribution in [3.8, 4) is 0 Å². The summed E-state index contributed by atoms with van der Waals surface area (Å²) in [6.07, 6.45) is 8.23. The molecule has 0 rings (SSSR count). The monoisotopic (exact) mass is 269 g/mol. The molecule has 1 amide bonds. The fraction of sp³-hybridized carbons (Fsp3) is 0.800. The van der Waals surface area contributed by atoms with Gasteiger partial charge in [-0.2, -0.15) is 0 Å². The van der Waals surface area contributed by atoms with Crippen molar-refractivity contribution in [2.24, 2.45) is 0 Å². The second-order valence-electron chi connectivity index (χ2n) is 5.14. The molecule has 0 fully saturated rings. The van der Waals surface area contributed by atoms with E-state index < -0.39 is 0 Å². The van der Waals surface area contributed by atoms with Gasteiger partial charge in [-0.15, -0.1) is 6.58 Å². The van der Waals surface area contributed by atoms with Crippen molar-refractivity contribution < 1.29 is 4.79 Å². The van der Waals surface area contributed by atoms with Crippen molar-refractivity contribution in [1.29, 1.82) is 0 Å². The fourth-order valence-corrected chi connectivity index (χ4v) is 1.73. The molecule has 112 valence electrons. The third-order valence-electron chi connectivity index (χ3n) is 2.92. The third kappa shape index (κ3) is 15.1. The number of carbonyl (C=O) groups is 1. The molecule has 0 aromatic rings. The number of allylic oxidation sites excluding steroid dienone is 1. The Hall–Kier alpha value is -0.870. The lowest BCUT2D eigenvalue weighted by atomic mass is 10.1. The highest BCUT2D eigenvalue weighted by Crippen LogP contribution is 2.05. The molecule has 0 aliphatic carbocycles. The molecule has 0 aliphatic rings. The van der Waals surface area contributed by atoms with Crippen molar-refractivity contribution >= 4 is 5.91 Å². The molecule has 0 spiro atoms. The van der Waals surface area contributed by atoms with Crippen LogP contribution in [0.2, 0.25) is 0 Å². The van der Waals surface area contributed by atoms with E-state index in [1.165, 1.54) is 12.8 Å². The molecule has 0 saturated heterocycles. The van der Waals surface area contributed by atoms with Crippen molar-refractivity contribution in [2.45, 2.75) is 38.5 Å². The minimum Gasteiger partial charge on any atom is -0.355 e. The Morgan fingerprint density at radius 2 is 1.84 bits per heavy atom. The van der Waals surface area contributed by atoms with Crippen molar-refractivity contribution in [1.82, 2.24) is 15.5 Å². The zero-order valence-corrected chi connectivity index (χ0v) is 12.7. The van der Waals surface area contributed by atoms with Crippen molar-refractivity contribution in [3.05, 3.63) is 12.7 Å². The number of nitrogens with zero attached hydrogens (tertiary/aromatic N) is 1. The first-order valence-corrected chi connectivity index (χ1v) is 7.40. The Morgan fingerprint density at radius 3 is 2.53 bits per heavy atom. The molecule has 4 heteroatoms. The predicted octanol–water partition coefficient (Wildman–Crippen LogP) is 1.78.